The van der Waals surface area contributed by atoms with Crippen LogP contribution in [0, 0.1) is 6.92 Å². The molecule has 2 aromatic carbocycles. The number of benzene rings is 2. The van der Waals surface area contributed by atoms with Crippen LogP contribution in [0.2, 0.25) is 0 Å². The molecule has 0 saturated heterocycles. The van der Waals surface area contributed by atoms with E-state index in [4.69, 9.17) is 0 Å². The van der Waals surface area contributed by atoms with Gasteiger partial charge in [0, 0.05) is 17.8 Å². The van der Waals surface area contributed by atoms with Crippen molar-refractivity contribution in [1.29, 1.82) is 0 Å². The second kappa shape index (κ2) is 6.34. The highest BCUT2D eigenvalue weighted by molar-refractivity contribution is 6.10. The van der Waals surface area contributed by atoms with E-state index in [1.165, 1.54) is 0 Å². The number of nitrogens with one attached hydrogen (secondary N) is 2. The number of hydrogen-bond acceptors (Lipinski definition) is 3. The summed E-state index contributed by atoms with van der Waals surface area (Å²) in [5.41, 5.74) is 6.67. The molecule has 1 aromatic heterocycles. The molecule has 0 atom stereocenters. The molecule has 140 valence electrons. The van der Waals surface area contributed by atoms with Gasteiger partial charge in [0.25, 0.3) is 11.8 Å². The molecular formula is C22H20N4O2. The fourth-order valence-corrected chi connectivity index (χ4v) is 4.19. The summed E-state index contributed by atoms with van der Waals surface area (Å²) in [7, 11) is 0. The van der Waals surface area contributed by atoms with E-state index in [1.54, 1.807) is 6.07 Å². The number of amides is 2. The number of aromatic nitrogens is 2. The molecule has 3 aromatic rings. The third kappa shape index (κ3) is 2.52. The van der Waals surface area contributed by atoms with Gasteiger partial charge in [0.15, 0.2) is 5.69 Å². The second-order valence-electron chi connectivity index (χ2n) is 7.30. The molecule has 1 aliphatic carbocycles. The van der Waals surface area contributed by atoms with Crippen LogP contribution < -0.4 is 10.6 Å². The highest BCUT2D eigenvalue weighted by atomic mass is 16.2. The zero-order chi connectivity index (χ0) is 19.3. The maximum absolute atomic E-state index is 13.1. The highest BCUT2D eigenvalue weighted by Crippen LogP contribution is 2.30. The number of carbonyl (C=O) groups excluding carboxylic acids is 2. The lowest BCUT2D eigenvalue weighted by Gasteiger charge is -2.09. The summed E-state index contributed by atoms with van der Waals surface area (Å²) in [4.78, 5) is 25.2. The molecule has 2 amide bonds. The molecule has 28 heavy (non-hydrogen) atoms. The topological polar surface area (TPSA) is 76.0 Å². The molecule has 1 aliphatic heterocycles. The Balaban J connectivity index is 1.54. The van der Waals surface area contributed by atoms with E-state index in [9.17, 15) is 9.59 Å². The number of carbonyl (C=O) groups is 2. The van der Waals surface area contributed by atoms with Crippen molar-refractivity contribution in [3.8, 4) is 5.69 Å². The number of rotatable bonds is 3. The number of hydrogen-bond donors (Lipinski definition) is 2. The summed E-state index contributed by atoms with van der Waals surface area (Å²) in [6, 6.07) is 13.6. The summed E-state index contributed by atoms with van der Waals surface area (Å²) in [6.45, 7) is 2.54. The molecule has 2 N–H and O–H groups in total. The summed E-state index contributed by atoms with van der Waals surface area (Å²) >= 11 is 0. The second-order valence-corrected chi connectivity index (χ2v) is 7.30. The lowest BCUT2D eigenvalue weighted by atomic mass is 10.1. The number of nitrogens with zero attached hydrogens (tertiary/aromatic N) is 2. The average molecular weight is 372 g/mol. The monoisotopic (exact) mass is 372 g/mol. The van der Waals surface area contributed by atoms with Crippen molar-refractivity contribution in [2.45, 2.75) is 32.7 Å². The third-order valence-electron chi connectivity index (χ3n) is 5.55. The number of anilines is 1. The average Bonchev–Trinajstić information content (AvgIpc) is 3.38. The molecule has 0 radical (unpaired) electrons. The van der Waals surface area contributed by atoms with Gasteiger partial charge in [-0.2, -0.15) is 5.10 Å². The van der Waals surface area contributed by atoms with Crippen LogP contribution in [0.5, 0.6) is 0 Å². The van der Waals surface area contributed by atoms with Crippen LogP contribution in [-0.2, 0) is 19.4 Å². The molecule has 5 rings (SSSR count). The van der Waals surface area contributed by atoms with Crippen LogP contribution >= 0.6 is 0 Å². The Morgan fingerprint density at radius 1 is 1.14 bits per heavy atom. The normalized spacial score (nSPS) is 14.5. The van der Waals surface area contributed by atoms with Gasteiger partial charge >= 0.3 is 0 Å². The third-order valence-corrected chi connectivity index (χ3v) is 5.55. The Hall–Kier alpha value is -3.41. The molecule has 0 fully saturated rings. The van der Waals surface area contributed by atoms with Crippen molar-refractivity contribution >= 4 is 17.5 Å². The fraction of sp³-hybridized carbons (Fsp3) is 0.227. The SMILES string of the molecule is Cc1ccccc1-n1nc(C(=O)Nc2cccc3c2C(=O)NC3)c2c1CCC2. The summed E-state index contributed by atoms with van der Waals surface area (Å²) in [5, 5.41) is 10.4. The standard InChI is InChI=1S/C22H20N4O2/c1-13-6-2-3-10-17(13)26-18-11-5-8-15(18)20(25-26)22(28)24-16-9-4-7-14-12-23-21(27)19(14)16/h2-4,6-7,9-10H,5,8,11-12H2,1H3,(H,23,27)(H,24,28). The Morgan fingerprint density at radius 3 is 2.86 bits per heavy atom. The van der Waals surface area contributed by atoms with Gasteiger partial charge in [-0.15, -0.1) is 0 Å². The lowest BCUT2D eigenvalue weighted by Crippen LogP contribution is -2.18. The molecular weight excluding hydrogens is 352 g/mol. The molecule has 0 spiro atoms. The number of fused-ring (bicyclic) bond motifs is 2. The first-order valence-corrected chi connectivity index (χ1v) is 9.51. The van der Waals surface area contributed by atoms with Gasteiger partial charge in [-0.05, 0) is 49.4 Å². The Labute approximate surface area is 162 Å². The predicted octanol–water partition coefficient (Wildman–Crippen LogP) is 3.17. The van der Waals surface area contributed by atoms with E-state index in [2.05, 4.69) is 15.7 Å². The first-order valence-electron chi connectivity index (χ1n) is 9.51. The van der Waals surface area contributed by atoms with Crippen molar-refractivity contribution in [2.24, 2.45) is 0 Å². The quantitative estimate of drug-likeness (QED) is 0.741. The molecule has 0 bridgehead atoms. The molecule has 2 aliphatic rings. The van der Waals surface area contributed by atoms with Gasteiger partial charge < -0.3 is 10.6 Å². The van der Waals surface area contributed by atoms with Gasteiger partial charge in [0.05, 0.1) is 16.9 Å². The molecule has 6 nitrogen and oxygen atoms in total. The fourth-order valence-electron chi connectivity index (χ4n) is 4.19. The van der Waals surface area contributed by atoms with Gasteiger partial charge in [0.1, 0.15) is 0 Å². The summed E-state index contributed by atoms with van der Waals surface area (Å²) in [6.07, 6.45) is 2.77. The Bertz CT molecular complexity index is 1130. The minimum absolute atomic E-state index is 0.151. The molecule has 2 heterocycles. The van der Waals surface area contributed by atoms with Gasteiger partial charge in [-0.1, -0.05) is 30.3 Å². The van der Waals surface area contributed by atoms with Crippen molar-refractivity contribution < 1.29 is 9.59 Å². The first kappa shape index (κ1) is 16.7. The van der Waals surface area contributed by atoms with Crippen molar-refractivity contribution in [3.05, 3.63) is 76.1 Å². The van der Waals surface area contributed by atoms with Crippen molar-refractivity contribution in [2.75, 3.05) is 5.32 Å². The number of aryl methyl sites for hydroxylation is 1. The van der Waals surface area contributed by atoms with Gasteiger partial charge in [0.2, 0.25) is 0 Å². The molecule has 0 unspecified atom stereocenters. The van der Waals surface area contributed by atoms with Gasteiger partial charge in [-0.25, -0.2) is 4.68 Å². The zero-order valence-corrected chi connectivity index (χ0v) is 15.6. The van der Waals surface area contributed by atoms with Crippen LogP contribution in [0.15, 0.2) is 42.5 Å². The van der Waals surface area contributed by atoms with Crippen molar-refractivity contribution in [3.63, 3.8) is 0 Å². The minimum atomic E-state index is -0.265. The predicted molar refractivity (Wildman–Crippen MR) is 106 cm³/mol. The minimum Gasteiger partial charge on any atom is -0.348 e. The van der Waals surface area contributed by atoms with E-state index in [0.29, 0.717) is 23.5 Å². The molecule has 0 saturated carbocycles. The highest BCUT2D eigenvalue weighted by Gasteiger charge is 2.29. The smallest absolute Gasteiger partial charge is 0.276 e. The lowest BCUT2D eigenvalue weighted by molar-refractivity contribution is 0.0966. The first-order chi connectivity index (χ1) is 13.6. The van der Waals surface area contributed by atoms with E-state index in [1.807, 2.05) is 48.0 Å². The summed E-state index contributed by atoms with van der Waals surface area (Å²) < 4.78 is 1.91. The Kier molecular flexibility index (Phi) is 3.79. The van der Waals surface area contributed by atoms with Gasteiger partial charge in [-0.3, -0.25) is 9.59 Å². The van der Waals surface area contributed by atoms with E-state index in [0.717, 1.165) is 47.3 Å². The largest absolute Gasteiger partial charge is 0.348 e. The van der Waals surface area contributed by atoms with Crippen molar-refractivity contribution in [1.82, 2.24) is 15.1 Å². The van der Waals surface area contributed by atoms with E-state index < -0.39 is 0 Å². The maximum Gasteiger partial charge on any atom is 0.276 e. The Morgan fingerprint density at radius 2 is 2.00 bits per heavy atom. The van der Waals surface area contributed by atoms with Crippen LogP contribution in [0.4, 0.5) is 5.69 Å². The molecule has 6 heteroatoms. The van der Waals surface area contributed by atoms with Crippen LogP contribution in [0.3, 0.4) is 0 Å². The van der Waals surface area contributed by atoms with E-state index in [-0.39, 0.29) is 11.8 Å². The van der Waals surface area contributed by atoms with Crippen LogP contribution in [-0.4, -0.2) is 21.6 Å². The van der Waals surface area contributed by atoms with E-state index >= 15 is 0 Å². The zero-order valence-electron chi connectivity index (χ0n) is 15.6. The number of para-hydroxylation sites is 1. The summed E-state index contributed by atoms with van der Waals surface area (Å²) in [5.74, 6) is -0.417. The maximum atomic E-state index is 13.1. The van der Waals surface area contributed by atoms with Crippen LogP contribution in [0.1, 0.15) is 49.7 Å². The van der Waals surface area contributed by atoms with Crippen LogP contribution in [0.25, 0.3) is 5.69 Å².